The molecule has 2 N–H and O–H groups in total. The van der Waals surface area contributed by atoms with Crippen LogP contribution in [-0.2, 0) is 19.1 Å². The number of nitrogens with two attached hydrogens (primary N) is 1. The van der Waals surface area contributed by atoms with Crippen LogP contribution in [0.2, 0.25) is 0 Å². The summed E-state index contributed by atoms with van der Waals surface area (Å²) in [6.45, 7) is 29.2. The Balaban J connectivity index is -0.00000758. The van der Waals surface area contributed by atoms with Gasteiger partial charge in [0.2, 0.25) is 0 Å². The lowest BCUT2D eigenvalue weighted by molar-refractivity contribution is -0.150. The van der Waals surface area contributed by atoms with E-state index in [1.807, 2.05) is 32.3 Å². The molecule has 59 heavy (non-hydrogen) atoms. The molecule has 0 amide bonds. The van der Waals surface area contributed by atoms with Crippen LogP contribution in [0, 0.1) is 0 Å². The minimum atomic E-state index is -0.0263. The average Bonchev–Trinajstić information content (AvgIpc) is 3.24. The molecule has 0 spiro atoms. The molecular weight excluding hydrogens is 731 g/mol. The average molecular weight is 832 g/mol. The normalized spacial score (nSPS) is 11.4. The van der Waals surface area contributed by atoms with E-state index in [2.05, 4.69) is 56.9 Å². The Bertz CT molecular complexity index is 939. The van der Waals surface area contributed by atoms with Gasteiger partial charge in [-0.05, 0) is 96.1 Å². The minimum Gasteiger partial charge on any atom is -0.466 e. The second kappa shape index (κ2) is 51.6. The lowest BCUT2D eigenvalue weighted by Gasteiger charge is -2.24. The Morgan fingerprint density at radius 2 is 0.966 bits per heavy atom. The molecule has 0 fully saturated rings. The van der Waals surface area contributed by atoms with E-state index in [9.17, 15) is 9.59 Å². The predicted molar refractivity (Wildman–Crippen MR) is 259 cm³/mol. The van der Waals surface area contributed by atoms with Gasteiger partial charge in [0.25, 0.3) is 0 Å². The maximum atomic E-state index is 12.7. The van der Waals surface area contributed by atoms with Crippen LogP contribution in [0.5, 0.6) is 0 Å². The summed E-state index contributed by atoms with van der Waals surface area (Å²) in [7, 11) is 0. The summed E-state index contributed by atoms with van der Waals surface area (Å²) in [4.78, 5) is 29.5. The van der Waals surface area contributed by atoms with Crippen molar-refractivity contribution in [3.63, 3.8) is 0 Å². The van der Waals surface area contributed by atoms with Gasteiger partial charge in [0, 0.05) is 31.3 Å². The molecule has 0 aromatic carbocycles. The number of hydrogen-bond acceptors (Lipinski definition) is 7. The van der Waals surface area contributed by atoms with Gasteiger partial charge in [0.15, 0.2) is 0 Å². The van der Waals surface area contributed by atoms with Gasteiger partial charge in [-0.1, -0.05) is 170 Å². The predicted octanol–water partition coefficient (Wildman–Crippen LogP) is 15.2. The van der Waals surface area contributed by atoms with E-state index in [4.69, 9.17) is 15.2 Å². The van der Waals surface area contributed by atoms with Crippen molar-refractivity contribution in [2.45, 2.75) is 240 Å². The van der Waals surface area contributed by atoms with Gasteiger partial charge in [-0.2, -0.15) is 0 Å². The highest BCUT2D eigenvalue weighted by Crippen LogP contribution is 2.18. The zero-order chi connectivity index (χ0) is 44.5. The van der Waals surface area contributed by atoms with Gasteiger partial charge >= 0.3 is 11.9 Å². The molecule has 0 aliphatic heterocycles. The van der Waals surface area contributed by atoms with E-state index in [-0.39, 0.29) is 18.0 Å². The Morgan fingerprint density at radius 3 is 1.46 bits per heavy atom. The van der Waals surface area contributed by atoms with Gasteiger partial charge in [0.05, 0.1) is 6.61 Å². The molecule has 0 bridgehead atoms. The van der Waals surface area contributed by atoms with Crippen molar-refractivity contribution in [3.05, 3.63) is 50.5 Å². The molecule has 348 valence electrons. The molecule has 7 heteroatoms. The summed E-state index contributed by atoms with van der Waals surface area (Å²) in [5.41, 5.74) is 6.26. The zero-order valence-electron chi connectivity index (χ0n) is 40.2. The lowest BCUT2D eigenvalue weighted by Crippen LogP contribution is -2.29. The van der Waals surface area contributed by atoms with Gasteiger partial charge < -0.3 is 25.0 Å². The van der Waals surface area contributed by atoms with Crippen LogP contribution in [0.15, 0.2) is 50.5 Å². The monoisotopic (exact) mass is 832 g/mol. The first-order chi connectivity index (χ1) is 28.9. The van der Waals surface area contributed by atoms with Crippen molar-refractivity contribution >= 4 is 11.9 Å². The molecule has 1 unspecified atom stereocenters. The van der Waals surface area contributed by atoms with Gasteiger partial charge in [-0.25, -0.2) is 0 Å². The topological polar surface area (TPSA) is 85.1 Å². The summed E-state index contributed by atoms with van der Waals surface area (Å²) in [6.07, 6.45) is 40.9. The highest BCUT2D eigenvalue weighted by Gasteiger charge is 2.14. The standard InChI is InChI=1S/C48H91N3O4.C2H6.C2H4/c1-6-10-13-16-17-25-32-44-54-47(52)36-28-21-18-23-30-39-51(42-33-41-50(9-4)43-38-45(5)49)40-31-24-19-22-29-37-48(53)55-46(34-26-15-12-8-3)35-27-20-14-11-7-2;2*1-2/h9,38,43,46H,4-8,10-37,39-42,44,49H2,1-3H3;1-2H3;1-2H2/b43-38-;;. The molecule has 0 aromatic heterocycles. The first-order valence-corrected chi connectivity index (χ1v) is 24.9. The quantitative estimate of drug-likeness (QED) is 0.0283. The SMILES string of the molecule is C=C.C=CN(/C=C\C(=C)N)CCCN(CCCCCCCC(=O)OCCCCCCCCC)CCCCCCCC(=O)OC(CCCCCC)CCCCCCC.CC. The van der Waals surface area contributed by atoms with Crippen molar-refractivity contribution in [3.8, 4) is 0 Å². The molecule has 0 saturated heterocycles. The van der Waals surface area contributed by atoms with Crippen molar-refractivity contribution in [2.75, 3.05) is 32.8 Å². The number of allylic oxidation sites excluding steroid dienone is 1. The number of ether oxygens (including phenoxy) is 2. The van der Waals surface area contributed by atoms with Crippen LogP contribution >= 0.6 is 0 Å². The van der Waals surface area contributed by atoms with E-state index < -0.39 is 0 Å². The molecule has 0 saturated carbocycles. The van der Waals surface area contributed by atoms with Crippen molar-refractivity contribution < 1.29 is 19.1 Å². The van der Waals surface area contributed by atoms with Crippen LogP contribution in [0.4, 0.5) is 0 Å². The Kier molecular flexibility index (Phi) is 53.1. The van der Waals surface area contributed by atoms with Crippen molar-refractivity contribution in [2.24, 2.45) is 5.73 Å². The summed E-state index contributed by atoms with van der Waals surface area (Å²) in [5, 5.41) is 0. The molecule has 0 heterocycles. The third kappa shape index (κ3) is 48.0. The molecule has 0 rings (SSSR count). The molecule has 0 aromatic rings. The second-order valence-corrected chi connectivity index (χ2v) is 16.0. The number of rotatable bonds is 43. The first kappa shape index (κ1) is 60.8. The third-order valence-electron chi connectivity index (χ3n) is 10.6. The number of carbonyl (C=O) groups excluding carboxylic acids is 2. The van der Waals surface area contributed by atoms with Gasteiger partial charge in [0.1, 0.15) is 6.10 Å². The van der Waals surface area contributed by atoms with E-state index >= 15 is 0 Å². The number of esters is 2. The third-order valence-corrected chi connectivity index (χ3v) is 10.6. The maximum absolute atomic E-state index is 12.7. The summed E-state index contributed by atoms with van der Waals surface area (Å²) >= 11 is 0. The van der Waals surface area contributed by atoms with E-state index in [0.717, 1.165) is 84.0 Å². The van der Waals surface area contributed by atoms with E-state index in [1.165, 1.54) is 128 Å². The second-order valence-electron chi connectivity index (χ2n) is 16.0. The molecular formula is C52H101N3O4. The Morgan fingerprint density at radius 1 is 0.559 bits per heavy atom. The van der Waals surface area contributed by atoms with Gasteiger partial charge in [-0.3, -0.25) is 9.59 Å². The highest BCUT2D eigenvalue weighted by molar-refractivity contribution is 5.69. The Labute approximate surface area is 368 Å². The molecule has 0 aliphatic rings. The van der Waals surface area contributed by atoms with Crippen LogP contribution in [-0.4, -0.2) is 60.6 Å². The smallest absolute Gasteiger partial charge is 0.306 e. The zero-order valence-corrected chi connectivity index (χ0v) is 40.2. The van der Waals surface area contributed by atoms with Crippen LogP contribution in [0.1, 0.15) is 234 Å². The fourth-order valence-electron chi connectivity index (χ4n) is 7.10. The number of unbranched alkanes of at least 4 members (excludes halogenated alkanes) is 21. The van der Waals surface area contributed by atoms with Crippen molar-refractivity contribution in [1.29, 1.82) is 0 Å². The van der Waals surface area contributed by atoms with E-state index in [1.54, 1.807) is 0 Å². The minimum absolute atomic E-state index is 0.0122. The summed E-state index contributed by atoms with van der Waals surface area (Å²) < 4.78 is 11.5. The number of nitrogens with zero attached hydrogens (tertiary/aromatic N) is 2. The summed E-state index contributed by atoms with van der Waals surface area (Å²) in [6, 6.07) is 0. The van der Waals surface area contributed by atoms with Gasteiger partial charge in [-0.15, -0.1) is 13.2 Å². The Hall–Kier alpha value is -2.54. The highest BCUT2D eigenvalue weighted by atomic mass is 16.5. The number of carbonyl (C=O) groups is 2. The van der Waals surface area contributed by atoms with Crippen molar-refractivity contribution in [1.82, 2.24) is 9.80 Å². The lowest BCUT2D eigenvalue weighted by atomic mass is 10.0. The molecule has 1 atom stereocenters. The fourth-order valence-corrected chi connectivity index (χ4v) is 7.10. The number of hydrogen-bond donors (Lipinski definition) is 1. The maximum Gasteiger partial charge on any atom is 0.306 e. The van der Waals surface area contributed by atoms with Crippen LogP contribution in [0.3, 0.4) is 0 Å². The van der Waals surface area contributed by atoms with Crippen LogP contribution < -0.4 is 5.73 Å². The molecule has 0 aliphatic carbocycles. The van der Waals surface area contributed by atoms with Crippen LogP contribution in [0.25, 0.3) is 0 Å². The fraction of sp³-hybridized carbons (Fsp3) is 0.808. The first-order valence-electron chi connectivity index (χ1n) is 24.9. The van der Waals surface area contributed by atoms with E-state index in [0.29, 0.717) is 25.1 Å². The largest absolute Gasteiger partial charge is 0.466 e. The summed E-state index contributed by atoms with van der Waals surface area (Å²) in [5.74, 6) is -0.0141. The molecule has 7 nitrogen and oxygen atoms in total. The molecule has 0 radical (unpaired) electrons.